The van der Waals surface area contributed by atoms with Gasteiger partial charge >= 0.3 is 0 Å². The summed E-state index contributed by atoms with van der Waals surface area (Å²) in [6.07, 6.45) is 0.632. The van der Waals surface area contributed by atoms with Gasteiger partial charge in [0, 0.05) is 11.1 Å². The minimum Gasteiger partial charge on any atom is -0.493 e. The summed E-state index contributed by atoms with van der Waals surface area (Å²) in [5.41, 5.74) is 7.56. The molecule has 0 fully saturated rings. The van der Waals surface area contributed by atoms with E-state index < -0.39 is 0 Å². The lowest BCUT2D eigenvalue weighted by Gasteiger charge is -2.23. The fourth-order valence-electron chi connectivity index (χ4n) is 1.80. The maximum absolute atomic E-state index is 6.32. The quantitative estimate of drug-likeness (QED) is 0.902. The second kappa shape index (κ2) is 5.15. The highest BCUT2D eigenvalue weighted by molar-refractivity contribution is 6.32. The van der Waals surface area contributed by atoms with Crippen LogP contribution in [-0.4, -0.2) is 19.8 Å². The summed E-state index contributed by atoms with van der Waals surface area (Å²) in [7, 11) is 3.22. The van der Waals surface area contributed by atoms with Crippen LogP contribution in [-0.2, 0) is 6.42 Å². The topological polar surface area (TPSA) is 44.5 Å². The molecule has 2 N–H and O–H groups in total. The summed E-state index contributed by atoms with van der Waals surface area (Å²) < 4.78 is 10.7. The smallest absolute Gasteiger partial charge is 0.165 e. The highest BCUT2D eigenvalue weighted by Crippen LogP contribution is 2.39. The van der Waals surface area contributed by atoms with Gasteiger partial charge in [-0.15, -0.1) is 0 Å². The van der Waals surface area contributed by atoms with Crippen molar-refractivity contribution in [3.63, 3.8) is 0 Å². The molecule has 0 aliphatic heterocycles. The number of hydrogen-bond acceptors (Lipinski definition) is 3. The molecule has 1 aromatic rings. The SMILES string of the molecule is COc1cc(C)c(Cl)c(CC(C)(C)N)c1OC. The monoisotopic (exact) mass is 257 g/mol. The Bertz CT molecular complexity index is 411. The molecule has 0 aromatic heterocycles. The Hall–Kier alpha value is -0.930. The Morgan fingerprint density at radius 1 is 1.29 bits per heavy atom. The standard InChI is InChI=1S/C13H20ClNO2/c1-8-6-10(16-4)12(17-5)9(11(8)14)7-13(2,3)15/h6H,7,15H2,1-5H3. The summed E-state index contributed by atoms with van der Waals surface area (Å²) in [6, 6.07) is 1.87. The molecular weight excluding hydrogens is 238 g/mol. The van der Waals surface area contributed by atoms with Crippen molar-refractivity contribution in [3.8, 4) is 11.5 Å². The molecule has 4 heteroatoms. The summed E-state index contributed by atoms with van der Waals surface area (Å²) in [5.74, 6) is 1.36. The van der Waals surface area contributed by atoms with E-state index in [1.165, 1.54) is 0 Å². The molecule has 0 heterocycles. The normalized spacial score (nSPS) is 11.5. The third-order valence-electron chi connectivity index (χ3n) is 2.51. The number of nitrogens with two attached hydrogens (primary N) is 1. The highest BCUT2D eigenvalue weighted by Gasteiger charge is 2.22. The summed E-state index contributed by atoms with van der Waals surface area (Å²) in [4.78, 5) is 0. The second-order valence-corrected chi connectivity index (χ2v) is 5.26. The van der Waals surface area contributed by atoms with E-state index in [0.29, 0.717) is 22.9 Å². The van der Waals surface area contributed by atoms with Crippen molar-refractivity contribution in [2.24, 2.45) is 5.73 Å². The van der Waals surface area contributed by atoms with E-state index in [1.54, 1.807) is 14.2 Å². The molecule has 0 aliphatic rings. The molecule has 0 radical (unpaired) electrons. The molecular formula is C13H20ClNO2. The molecule has 0 spiro atoms. The predicted molar refractivity (Wildman–Crippen MR) is 71.3 cm³/mol. The number of methoxy groups -OCH3 is 2. The van der Waals surface area contributed by atoms with Gasteiger partial charge in [-0.1, -0.05) is 11.6 Å². The number of hydrogen-bond donors (Lipinski definition) is 1. The van der Waals surface area contributed by atoms with E-state index in [-0.39, 0.29) is 5.54 Å². The van der Waals surface area contributed by atoms with Crippen LogP contribution >= 0.6 is 11.6 Å². The lowest BCUT2D eigenvalue weighted by Crippen LogP contribution is -2.34. The van der Waals surface area contributed by atoms with Crippen LogP contribution in [0.4, 0.5) is 0 Å². The van der Waals surface area contributed by atoms with Crippen molar-refractivity contribution < 1.29 is 9.47 Å². The average Bonchev–Trinajstić information content (AvgIpc) is 2.22. The van der Waals surface area contributed by atoms with Gasteiger partial charge in [0.15, 0.2) is 11.5 Å². The summed E-state index contributed by atoms with van der Waals surface area (Å²) >= 11 is 6.32. The first kappa shape index (κ1) is 14.1. The van der Waals surface area contributed by atoms with Crippen molar-refractivity contribution in [2.45, 2.75) is 32.7 Å². The van der Waals surface area contributed by atoms with Crippen LogP contribution in [0.5, 0.6) is 11.5 Å². The van der Waals surface area contributed by atoms with E-state index in [4.69, 9.17) is 26.8 Å². The van der Waals surface area contributed by atoms with Gasteiger partial charge < -0.3 is 15.2 Å². The Balaban J connectivity index is 3.38. The summed E-state index contributed by atoms with van der Waals surface area (Å²) in [5, 5.41) is 0.696. The van der Waals surface area contributed by atoms with Gasteiger partial charge in [0.2, 0.25) is 0 Å². The third kappa shape index (κ3) is 3.27. The largest absolute Gasteiger partial charge is 0.493 e. The first-order chi connectivity index (χ1) is 7.80. The Kier molecular flexibility index (Phi) is 4.28. The van der Waals surface area contributed by atoms with Crippen LogP contribution in [0.1, 0.15) is 25.0 Å². The van der Waals surface area contributed by atoms with Crippen molar-refractivity contribution >= 4 is 11.6 Å². The Labute approximate surface area is 108 Å². The fourth-order valence-corrected chi connectivity index (χ4v) is 2.01. The maximum atomic E-state index is 6.32. The van der Waals surface area contributed by atoms with E-state index in [9.17, 15) is 0 Å². The van der Waals surface area contributed by atoms with E-state index >= 15 is 0 Å². The fraction of sp³-hybridized carbons (Fsp3) is 0.538. The van der Waals surface area contributed by atoms with Gasteiger partial charge in [0.25, 0.3) is 0 Å². The van der Waals surface area contributed by atoms with Gasteiger partial charge in [-0.2, -0.15) is 0 Å². The zero-order valence-electron chi connectivity index (χ0n) is 11.1. The number of benzene rings is 1. The maximum Gasteiger partial charge on any atom is 0.165 e. The highest BCUT2D eigenvalue weighted by atomic mass is 35.5. The van der Waals surface area contributed by atoms with Crippen LogP contribution in [0.15, 0.2) is 6.07 Å². The second-order valence-electron chi connectivity index (χ2n) is 4.89. The Morgan fingerprint density at radius 2 is 1.88 bits per heavy atom. The van der Waals surface area contributed by atoms with E-state index in [2.05, 4.69) is 0 Å². The van der Waals surface area contributed by atoms with Gasteiger partial charge in [-0.05, 0) is 38.8 Å². The zero-order valence-corrected chi connectivity index (χ0v) is 11.8. The van der Waals surface area contributed by atoms with Gasteiger partial charge in [-0.3, -0.25) is 0 Å². The van der Waals surface area contributed by atoms with Gasteiger partial charge in [0.1, 0.15) is 0 Å². The molecule has 3 nitrogen and oxygen atoms in total. The molecule has 0 saturated carbocycles. The summed E-state index contributed by atoms with van der Waals surface area (Å²) in [6.45, 7) is 5.85. The third-order valence-corrected chi connectivity index (χ3v) is 3.04. The molecule has 0 saturated heterocycles. The predicted octanol–water partition coefficient (Wildman–Crippen LogP) is 2.95. The van der Waals surface area contributed by atoms with Crippen molar-refractivity contribution in [1.29, 1.82) is 0 Å². The van der Waals surface area contributed by atoms with E-state index in [1.807, 2.05) is 26.8 Å². The molecule has 17 heavy (non-hydrogen) atoms. The Morgan fingerprint density at radius 3 is 2.29 bits per heavy atom. The van der Waals surface area contributed by atoms with Crippen LogP contribution < -0.4 is 15.2 Å². The number of aryl methyl sites for hydroxylation is 1. The lowest BCUT2D eigenvalue weighted by molar-refractivity contribution is 0.348. The van der Waals surface area contributed by atoms with Crippen LogP contribution in [0.3, 0.4) is 0 Å². The number of halogens is 1. The lowest BCUT2D eigenvalue weighted by atomic mass is 9.94. The molecule has 0 amide bonds. The minimum atomic E-state index is -0.351. The van der Waals surface area contributed by atoms with E-state index in [0.717, 1.165) is 11.1 Å². The molecule has 1 aromatic carbocycles. The molecule has 1 rings (SSSR count). The van der Waals surface area contributed by atoms with Crippen LogP contribution in [0.2, 0.25) is 5.02 Å². The van der Waals surface area contributed by atoms with Crippen LogP contribution in [0.25, 0.3) is 0 Å². The number of rotatable bonds is 4. The average molecular weight is 258 g/mol. The molecule has 0 bridgehead atoms. The number of ether oxygens (including phenoxy) is 2. The van der Waals surface area contributed by atoms with Crippen LogP contribution in [0, 0.1) is 6.92 Å². The van der Waals surface area contributed by atoms with Gasteiger partial charge in [0.05, 0.1) is 19.2 Å². The molecule has 0 aliphatic carbocycles. The first-order valence-electron chi connectivity index (χ1n) is 5.49. The molecule has 0 atom stereocenters. The van der Waals surface area contributed by atoms with Crippen molar-refractivity contribution in [1.82, 2.24) is 0 Å². The van der Waals surface area contributed by atoms with Crippen molar-refractivity contribution in [2.75, 3.05) is 14.2 Å². The minimum absolute atomic E-state index is 0.351. The first-order valence-corrected chi connectivity index (χ1v) is 5.86. The molecule has 96 valence electrons. The van der Waals surface area contributed by atoms with Gasteiger partial charge in [-0.25, -0.2) is 0 Å². The van der Waals surface area contributed by atoms with Crippen molar-refractivity contribution in [3.05, 3.63) is 22.2 Å². The molecule has 0 unspecified atom stereocenters. The zero-order chi connectivity index (χ0) is 13.2.